The number of hydrogen-bond acceptors (Lipinski definition) is 7. The van der Waals surface area contributed by atoms with E-state index < -0.39 is 0 Å². The second-order valence-corrected chi connectivity index (χ2v) is 10.8. The van der Waals surface area contributed by atoms with Crippen LogP contribution in [0.4, 0.5) is 5.82 Å². The first-order valence-electron chi connectivity index (χ1n) is 14.0. The molecule has 0 aliphatic carbocycles. The van der Waals surface area contributed by atoms with Crippen LogP contribution in [0.25, 0.3) is 22.2 Å². The van der Waals surface area contributed by atoms with Gasteiger partial charge in [-0.1, -0.05) is 18.2 Å². The lowest BCUT2D eigenvalue weighted by Gasteiger charge is -2.56. The number of hydrogen-bond donors (Lipinski definition) is 0. The van der Waals surface area contributed by atoms with Gasteiger partial charge >= 0.3 is 0 Å². The summed E-state index contributed by atoms with van der Waals surface area (Å²) >= 11 is 0. The predicted molar refractivity (Wildman–Crippen MR) is 155 cm³/mol. The first-order valence-corrected chi connectivity index (χ1v) is 14.0. The molecule has 2 unspecified atom stereocenters. The third-order valence-electron chi connectivity index (χ3n) is 8.42. The number of methoxy groups -OCH3 is 1. The lowest BCUT2D eigenvalue weighted by molar-refractivity contribution is -0.145. The quantitative estimate of drug-likeness (QED) is 0.359. The van der Waals surface area contributed by atoms with Crippen molar-refractivity contribution >= 4 is 22.8 Å². The number of fused-ring (bicyclic) bond motifs is 3. The number of anilines is 1. The Morgan fingerprint density at radius 3 is 2.76 bits per heavy atom. The molecule has 9 nitrogen and oxygen atoms in total. The van der Waals surface area contributed by atoms with E-state index in [1.165, 1.54) is 5.57 Å². The van der Waals surface area contributed by atoms with Crippen LogP contribution in [0, 0.1) is 11.3 Å². The molecular weight excluding hydrogens is 516 g/mol. The molecule has 7 heterocycles. The van der Waals surface area contributed by atoms with Crippen LogP contribution in [-0.4, -0.2) is 70.9 Å². The van der Waals surface area contributed by atoms with E-state index in [0.29, 0.717) is 25.2 Å². The van der Waals surface area contributed by atoms with Crippen molar-refractivity contribution in [3.63, 3.8) is 0 Å². The normalized spacial score (nSPS) is 19.9. The second kappa shape index (κ2) is 10.4. The standard InChI is InChI=1S/C32H30N6O3/c1-40-28-4-2-3-21(11-28)12-31(39)38-26-14-27(38)20-36(19-26)30-6-5-23(16-34-30)29-13-24(22-7-9-41-10-8-22)18-37-32(29)25(15-33)17-35-37/h2-7,11,13,16-18,26-27H,8-10,12,14,19-20H2,1H3. The van der Waals surface area contributed by atoms with Gasteiger partial charge in [0.05, 0.1) is 56.1 Å². The Bertz CT molecular complexity index is 1690. The fourth-order valence-electron chi connectivity index (χ4n) is 6.37. The van der Waals surface area contributed by atoms with Gasteiger partial charge in [-0.15, -0.1) is 0 Å². The fourth-order valence-corrected chi connectivity index (χ4v) is 6.37. The smallest absolute Gasteiger partial charge is 0.227 e. The van der Waals surface area contributed by atoms with Crippen LogP contribution in [0.15, 0.2) is 67.1 Å². The first-order chi connectivity index (χ1) is 20.1. The van der Waals surface area contributed by atoms with E-state index >= 15 is 0 Å². The largest absolute Gasteiger partial charge is 0.497 e. The number of piperazine rings is 1. The van der Waals surface area contributed by atoms with Gasteiger partial charge in [0.1, 0.15) is 17.6 Å². The second-order valence-electron chi connectivity index (χ2n) is 10.8. The lowest BCUT2D eigenvalue weighted by atomic mass is 9.86. The summed E-state index contributed by atoms with van der Waals surface area (Å²) in [5, 5.41) is 14.2. The Morgan fingerprint density at radius 1 is 1.15 bits per heavy atom. The minimum Gasteiger partial charge on any atom is -0.497 e. The number of aromatic nitrogens is 3. The third-order valence-corrected chi connectivity index (χ3v) is 8.42. The van der Waals surface area contributed by atoms with Crippen LogP contribution < -0.4 is 9.64 Å². The van der Waals surface area contributed by atoms with E-state index in [2.05, 4.69) is 39.2 Å². The van der Waals surface area contributed by atoms with Crippen molar-refractivity contribution in [2.24, 2.45) is 0 Å². The summed E-state index contributed by atoms with van der Waals surface area (Å²) in [6, 6.07) is 16.6. The van der Waals surface area contributed by atoms with Gasteiger partial charge < -0.3 is 19.3 Å². The summed E-state index contributed by atoms with van der Waals surface area (Å²) in [6.07, 6.45) is 9.84. The van der Waals surface area contributed by atoms with E-state index in [-0.39, 0.29) is 18.0 Å². The number of benzene rings is 1. The van der Waals surface area contributed by atoms with Crippen molar-refractivity contribution in [1.29, 1.82) is 5.26 Å². The van der Waals surface area contributed by atoms with Crippen molar-refractivity contribution in [3.05, 3.63) is 83.8 Å². The summed E-state index contributed by atoms with van der Waals surface area (Å²) in [6.45, 7) is 2.83. The monoisotopic (exact) mass is 546 g/mol. The molecule has 1 aromatic carbocycles. The van der Waals surface area contributed by atoms with Crippen LogP contribution in [0.5, 0.6) is 5.75 Å². The molecule has 4 aromatic rings. The molecule has 0 radical (unpaired) electrons. The fraction of sp³-hybridized carbons (Fsp3) is 0.312. The minimum atomic E-state index is 0.167. The zero-order valence-corrected chi connectivity index (χ0v) is 22.9. The lowest BCUT2D eigenvalue weighted by Crippen LogP contribution is -2.70. The average molecular weight is 547 g/mol. The van der Waals surface area contributed by atoms with Gasteiger partial charge in [0.15, 0.2) is 0 Å². The molecule has 4 aliphatic heterocycles. The number of piperidine rings is 1. The Labute approximate surface area is 238 Å². The van der Waals surface area contributed by atoms with Crippen LogP contribution in [0.2, 0.25) is 0 Å². The summed E-state index contributed by atoms with van der Waals surface area (Å²) < 4.78 is 12.6. The highest BCUT2D eigenvalue weighted by Crippen LogP contribution is 2.36. The number of carbonyl (C=O) groups is 1. The number of amides is 1. The highest BCUT2D eigenvalue weighted by atomic mass is 16.5. The zero-order chi connectivity index (χ0) is 27.9. The summed E-state index contributed by atoms with van der Waals surface area (Å²) in [4.78, 5) is 22.3. The molecular formula is C32H30N6O3. The number of carbonyl (C=O) groups excluding carboxylic acids is 1. The van der Waals surface area contributed by atoms with Crippen molar-refractivity contribution < 1.29 is 14.3 Å². The molecule has 206 valence electrons. The Balaban J connectivity index is 1.10. The van der Waals surface area contributed by atoms with Crippen molar-refractivity contribution in [2.75, 3.05) is 38.3 Å². The summed E-state index contributed by atoms with van der Waals surface area (Å²) in [7, 11) is 1.64. The van der Waals surface area contributed by atoms with Gasteiger partial charge in [-0.25, -0.2) is 9.50 Å². The van der Waals surface area contributed by atoms with Gasteiger partial charge in [0.2, 0.25) is 5.91 Å². The number of rotatable bonds is 6. The maximum Gasteiger partial charge on any atom is 0.227 e. The third kappa shape index (κ3) is 4.60. The molecule has 3 fully saturated rings. The molecule has 1 amide bonds. The van der Waals surface area contributed by atoms with E-state index in [4.69, 9.17) is 14.5 Å². The van der Waals surface area contributed by atoms with Crippen LogP contribution in [0.1, 0.15) is 29.5 Å². The van der Waals surface area contributed by atoms with E-state index in [0.717, 1.165) is 65.3 Å². The maximum atomic E-state index is 13.1. The van der Waals surface area contributed by atoms with Gasteiger partial charge in [-0.05, 0) is 59.9 Å². The average Bonchev–Trinajstić information content (AvgIpc) is 3.44. The van der Waals surface area contributed by atoms with Crippen molar-refractivity contribution in [1.82, 2.24) is 19.5 Å². The number of pyridine rings is 2. The van der Waals surface area contributed by atoms with E-state index in [1.54, 1.807) is 17.8 Å². The Kier molecular flexibility index (Phi) is 6.40. The molecule has 2 bridgehead atoms. The molecule has 0 spiro atoms. The summed E-state index contributed by atoms with van der Waals surface area (Å²) in [5.74, 6) is 1.83. The molecule has 4 aliphatic rings. The van der Waals surface area contributed by atoms with Gasteiger partial charge in [-0.2, -0.15) is 10.4 Å². The Hall–Kier alpha value is -4.68. The van der Waals surface area contributed by atoms with E-state index in [1.807, 2.05) is 42.7 Å². The first kappa shape index (κ1) is 25.3. The van der Waals surface area contributed by atoms with Gasteiger partial charge in [0, 0.05) is 36.6 Å². The number of nitriles is 1. The number of ether oxygens (including phenoxy) is 2. The maximum absolute atomic E-state index is 13.1. The van der Waals surface area contributed by atoms with Crippen molar-refractivity contribution in [3.8, 4) is 22.9 Å². The molecule has 2 atom stereocenters. The minimum absolute atomic E-state index is 0.167. The number of nitrogens with zero attached hydrogens (tertiary/aromatic N) is 6. The summed E-state index contributed by atoms with van der Waals surface area (Å²) in [5.41, 5.74) is 6.44. The molecule has 9 heteroatoms. The van der Waals surface area contributed by atoms with Crippen LogP contribution in [0.3, 0.4) is 0 Å². The molecule has 3 aromatic heterocycles. The highest BCUT2D eigenvalue weighted by Gasteiger charge is 2.47. The van der Waals surface area contributed by atoms with E-state index in [9.17, 15) is 10.1 Å². The van der Waals surface area contributed by atoms with Gasteiger partial charge in [0.25, 0.3) is 0 Å². The molecule has 41 heavy (non-hydrogen) atoms. The van der Waals surface area contributed by atoms with Gasteiger partial charge in [-0.3, -0.25) is 4.79 Å². The molecule has 3 saturated heterocycles. The van der Waals surface area contributed by atoms with Crippen LogP contribution in [-0.2, 0) is 16.0 Å². The SMILES string of the molecule is COc1cccc(CC(=O)N2C3CC2CN(c2ccc(-c4cc(C5=CCOCC5)cn5ncc(C#N)c45)cn2)C3)c1. The molecule has 0 N–H and O–H groups in total. The highest BCUT2D eigenvalue weighted by molar-refractivity contribution is 5.87. The van der Waals surface area contributed by atoms with Crippen molar-refractivity contribution in [2.45, 2.75) is 31.3 Å². The topological polar surface area (TPSA) is 96.0 Å². The predicted octanol–water partition coefficient (Wildman–Crippen LogP) is 4.11. The molecule has 0 saturated carbocycles. The molecule has 8 rings (SSSR count). The Morgan fingerprint density at radius 2 is 2.02 bits per heavy atom. The zero-order valence-electron chi connectivity index (χ0n) is 22.9. The van der Waals surface area contributed by atoms with Crippen LogP contribution >= 0.6 is 0 Å².